The minimum absolute atomic E-state index is 0.214. The molecule has 0 saturated heterocycles. The van der Waals surface area contributed by atoms with Gasteiger partial charge >= 0.3 is 0 Å². The number of carbonyl (C=O) groups excluding carboxylic acids is 1. The van der Waals surface area contributed by atoms with Crippen LogP contribution >= 0.6 is 12.2 Å². The molecule has 104 valence electrons. The standard InChI is InChI=1S/C12H17N3O3S/c1-3-17-9-7-5-6-8(10(9)18-4-2)11(16)15(14)12(13)19/h5-7H,3-4,14H2,1-2H3,(H2,13,19). The monoisotopic (exact) mass is 283 g/mol. The normalized spacial score (nSPS) is 9.84. The van der Waals surface area contributed by atoms with Crippen LogP contribution < -0.4 is 21.1 Å². The predicted octanol–water partition coefficient (Wildman–Crippen LogP) is 1.04. The van der Waals surface area contributed by atoms with Gasteiger partial charge in [-0.3, -0.25) is 4.79 Å². The molecule has 1 rings (SSSR count). The summed E-state index contributed by atoms with van der Waals surface area (Å²) < 4.78 is 10.9. The summed E-state index contributed by atoms with van der Waals surface area (Å²) in [6.45, 7) is 4.50. The maximum Gasteiger partial charge on any atom is 0.278 e. The van der Waals surface area contributed by atoms with E-state index in [0.29, 0.717) is 29.7 Å². The lowest BCUT2D eigenvalue weighted by Gasteiger charge is -2.18. The maximum absolute atomic E-state index is 12.1. The highest BCUT2D eigenvalue weighted by molar-refractivity contribution is 7.80. The van der Waals surface area contributed by atoms with Gasteiger partial charge in [0.2, 0.25) is 0 Å². The molecule has 1 aromatic rings. The Hall–Kier alpha value is -1.86. The highest BCUT2D eigenvalue weighted by Gasteiger charge is 2.22. The Balaban J connectivity index is 3.22. The third-order valence-electron chi connectivity index (χ3n) is 2.25. The molecule has 0 aliphatic heterocycles. The second-order valence-electron chi connectivity index (χ2n) is 3.51. The van der Waals surface area contributed by atoms with Gasteiger partial charge in [0.05, 0.1) is 18.8 Å². The molecule has 7 heteroatoms. The number of thiocarbonyl (C=S) groups is 1. The van der Waals surface area contributed by atoms with E-state index in [9.17, 15) is 4.79 Å². The summed E-state index contributed by atoms with van der Waals surface area (Å²) in [5.74, 6) is 5.77. The first-order valence-electron chi connectivity index (χ1n) is 5.80. The second-order valence-corrected chi connectivity index (χ2v) is 3.93. The molecule has 0 aliphatic rings. The summed E-state index contributed by atoms with van der Waals surface area (Å²) in [5, 5.41) is 0.484. The lowest BCUT2D eigenvalue weighted by atomic mass is 10.1. The number of nitrogens with two attached hydrogens (primary N) is 2. The Labute approximate surface area is 117 Å². The number of benzene rings is 1. The average Bonchev–Trinajstić information content (AvgIpc) is 2.39. The molecule has 0 aromatic heterocycles. The van der Waals surface area contributed by atoms with E-state index in [-0.39, 0.29) is 10.7 Å². The quantitative estimate of drug-likeness (QED) is 0.363. The van der Waals surface area contributed by atoms with E-state index < -0.39 is 5.91 Å². The van der Waals surface area contributed by atoms with Crippen LogP contribution in [0.2, 0.25) is 0 Å². The summed E-state index contributed by atoms with van der Waals surface area (Å²) in [6.07, 6.45) is 0. The third-order valence-corrected chi connectivity index (χ3v) is 2.45. The Bertz CT molecular complexity index is 479. The highest BCUT2D eigenvalue weighted by Crippen LogP contribution is 2.32. The topological polar surface area (TPSA) is 90.8 Å². The van der Waals surface area contributed by atoms with Gasteiger partial charge in [-0.15, -0.1) is 0 Å². The van der Waals surface area contributed by atoms with Crippen molar-refractivity contribution >= 4 is 23.2 Å². The van der Waals surface area contributed by atoms with E-state index in [1.165, 1.54) is 0 Å². The Morgan fingerprint density at radius 3 is 2.47 bits per heavy atom. The SMILES string of the molecule is CCOc1cccc(C(=O)N(N)C(N)=S)c1OCC. The number of hydrogen-bond donors (Lipinski definition) is 2. The van der Waals surface area contributed by atoms with Crippen LogP contribution in [0.3, 0.4) is 0 Å². The van der Waals surface area contributed by atoms with Gasteiger partial charge in [0.1, 0.15) is 0 Å². The molecule has 0 heterocycles. The summed E-state index contributed by atoms with van der Waals surface area (Å²) in [6, 6.07) is 4.97. The number of amides is 1. The molecule has 19 heavy (non-hydrogen) atoms. The van der Waals surface area contributed by atoms with Crippen molar-refractivity contribution in [1.29, 1.82) is 0 Å². The molecule has 0 spiro atoms. The Morgan fingerprint density at radius 2 is 1.95 bits per heavy atom. The smallest absolute Gasteiger partial charge is 0.278 e. The van der Waals surface area contributed by atoms with Gasteiger partial charge in [-0.1, -0.05) is 6.07 Å². The van der Waals surface area contributed by atoms with Crippen LogP contribution in [0.4, 0.5) is 0 Å². The van der Waals surface area contributed by atoms with Crippen LogP contribution in [0.25, 0.3) is 0 Å². The molecule has 1 amide bonds. The molecule has 4 N–H and O–H groups in total. The number of hydrogen-bond acceptors (Lipinski definition) is 5. The number of carbonyl (C=O) groups is 1. The summed E-state index contributed by atoms with van der Waals surface area (Å²) in [4.78, 5) is 12.1. The Morgan fingerprint density at radius 1 is 1.32 bits per heavy atom. The van der Waals surface area contributed by atoms with E-state index in [4.69, 9.17) is 21.1 Å². The molecule has 0 bridgehead atoms. The molecule has 0 saturated carbocycles. The molecule has 0 radical (unpaired) electrons. The van der Waals surface area contributed by atoms with Crippen molar-refractivity contribution in [2.24, 2.45) is 11.6 Å². The third kappa shape index (κ3) is 3.55. The van der Waals surface area contributed by atoms with Gasteiger partial charge in [-0.25, -0.2) is 10.9 Å². The van der Waals surface area contributed by atoms with Gasteiger partial charge < -0.3 is 15.2 Å². The molecule has 0 atom stereocenters. The van der Waals surface area contributed by atoms with Gasteiger partial charge in [0.25, 0.3) is 5.91 Å². The van der Waals surface area contributed by atoms with Crippen LogP contribution in [-0.2, 0) is 0 Å². The minimum atomic E-state index is -0.544. The maximum atomic E-state index is 12.1. The number of para-hydroxylation sites is 1. The summed E-state index contributed by atoms with van der Waals surface area (Å²) in [5.41, 5.74) is 5.59. The number of rotatable bonds is 5. The fourth-order valence-electron chi connectivity index (χ4n) is 1.48. The van der Waals surface area contributed by atoms with Crippen LogP contribution in [-0.4, -0.2) is 29.2 Å². The lowest BCUT2D eigenvalue weighted by molar-refractivity contribution is 0.0843. The van der Waals surface area contributed by atoms with Crippen molar-refractivity contribution in [2.75, 3.05) is 13.2 Å². The van der Waals surface area contributed by atoms with E-state index in [1.54, 1.807) is 18.2 Å². The van der Waals surface area contributed by atoms with Gasteiger partial charge in [-0.05, 0) is 38.2 Å². The first-order chi connectivity index (χ1) is 9.02. The molecule has 0 aliphatic carbocycles. The first-order valence-corrected chi connectivity index (χ1v) is 6.20. The van der Waals surface area contributed by atoms with E-state index >= 15 is 0 Å². The number of ether oxygens (including phenoxy) is 2. The molecule has 6 nitrogen and oxygen atoms in total. The van der Waals surface area contributed by atoms with Crippen molar-refractivity contribution in [3.05, 3.63) is 23.8 Å². The van der Waals surface area contributed by atoms with Crippen LogP contribution in [0, 0.1) is 0 Å². The van der Waals surface area contributed by atoms with E-state index in [2.05, 4.69) is 12.2 Å². The predicted molar refractivity (Wildman–Crippen MR) is 75.9 cm³/mol. The molecule has 1 aromatic carbocycles. The van der Waals surface area contributed by atoms with Crippen molar-refractivity contribution in [2.45, 2.75) is 13.8 Å². The van der Waals surface area contributed by atoms with Crippen LogP contribution in [0.15, 0.2) is 18.2 Å². The van der Waals surface area contributed by atoms with Crippen molar-refractivity contribution < 1.29 is 14.3 Å². The van der Waals surface area contributed by atoms with E-state index in [1.807, 2.05) is 13.8 Å². The number of hydrazine groups is 1. The second kappa shape index (κ2) is 6.91. The van der Waals surface area contributed by atoms with Gasteiger partial charge in [-0.2, -0.15) is 0 Å². The number of nitrogens with zero attached hydrogens (tertiary/aromatic N) is 1. The van der Waals surface area contributed by atoms with Crippen LogP contribution in [0.5, 0.6) is 11.5 Å². The van der Waals surface area contributed by atoms with Gasteiger partial charge in [0, 0.05) is 0 Å². The van der Waals surface area contributed by atoms with E-state index in [0.717, 1.165) is 0 Å². The minimum Gasteiger partial charge on any atom is -0.490 e. The van der Waals surface area contributed by atoms with Crippen molar-refractivity contribution in [1.82, 2.24) is 5.01 Å². The Kier molecular flexibility index (Phi) is 5.53. The fraction of sp³-hybridized carbons (Fsp3) is 0.333. The lowest BCUT2D eigenvalue weighted by Crippen LogP contribution is -2.45. The fourth-order valence-corrected chi connectivity index (χ4v) is 1.56. The average molecular weight is 283 g/mol. The summed E-state index contributed by atoms with van der Waals surface area (Å²) in [7, 11) is 0. The molecular formula is C12H17N3O3S. The molecular weight excluding hydrogens is 266 g/mol. The highest BCUT2D eigenvalue weighted by atomic mass is 32.1. The first kappa shape index (κ1) is 15.2. The zero-order chi connectivity index (χ0) is 14.4. The zero-order valence-electron chi connectivity index (χ0n) is 10.9. The summed E-state index contributed by atoms with van der Waals surface area (Å²) >= 11 is 4.67. The zero-order valence-corrected chi connectivity index (χ0v) is 11.7. The van der Waals surface area contributed by atoms with Crippen LogP contribution in [0.1, 0.15) is 24.2 Å². The molecule has 0 unspecified atom stereocenters. The van der Waals surface area contributed by atoms with Gasteiger partial charge in [0.15, 0.2) is 16.6 Å². The van der Waals surface area contributed by atoms with Crippen molar-refractivity contribution in [3.63, 3.8) is 0 Å². The largest absolute Gasteiger partial charge is 0.490 e. The molecule has 0 fully saturated rings. The van der Waals surface area contributed by atoms with Crippen molar-refractivity contribution in [3.8, 4) is 11.5 Å².